The van der Waals surface area contributed by atoms with Crippen LogP contribution in [-0.4, -0.2) is 4.57 Å². The maximum absolute atomic E-state index is 3.42. The molecular weight excluding hydrogens is 172 g/mol. The lowest BCUT2D eigenvalue weighted by molar-refractivity contribution is 0.681. The highest BCUT2D eigenvalue weighted by Crippen LogP contribution is 2.27. The minimum atomic E-state index is 1.01. The van der Waals surface area contributed by atoms with E-state index in [1.165, 1.54) is 22.0 Å². The fraction of sp³-hybridized carbons (Fsp3) is 0.333. The topological polar surface area (TPSA) is 17.0 Å². The van der Waals surface area contributed by atoms with Gasteiger partial charge in [0.2, 0.25) is 0 Å². The van der Waals surface area contributed by atoms with Crippen LogP contribution in [0.3, 0.4) is 0 Å². The van der Waals surface area contributed by atoms with Crippen molar-refractivity contribution in [1.82, 2.24) is 9.88 Å². The summed E-state index contributed by atoms with van der Waals surface area (Å²) in [5.41, 5.74) is 4.28. The van der Waals surface area contributed by atoms with Gasteiger partial charge in [0.15, 0.2) is 0 Å². The van der Waals surface area contributed by atoms with Crippen molar-refractivity contribution in [2.75, 3.05) is 0 Å². The van der Waals surface area contributed by atoms with E-state index in [1.54, 1.807) is 0 Å². The summed E-state index contributed by atoms with van der Waals surface area (Å²) in [6.45, 7) is 5.28. The first-order valence-electron chi connectivity index (χ1n) is 5.20. The molecule has 72 valence electrons. The summed E-state index contributed by atoms with van der Waals surface area (Å²) < 4.78 is 2.33. The summed E-state index contributed by atoms with van der Waals surface area (Å²) in [4.78, 5) is 0. The van der Waals surface area contributed by atoms with Gasteiger partial charge in [0, 0.05) is 36.7 Å². The van der Waals surface area contributed by atoms with Gasteiger partial charge in [-0.05, 0) is 24.1 Å². The van der Waals surface area contributed by atoms with Gasteiger partial charge in [-0.15, -0.1) is 0 Å². The van der Waals surface area contributed by atoms with Crippen molar-refractivity contribution < 1.29 is 0 Å². The summed E-state index contributed by atoms with van der Waals surface area (Å²) in [5.74, 6) is 0. The maximum Gasteiger partial charge on any atom is 0.0486 e. The number of rotatable bonds is 1. The van der Waals surface area contributed by atoms with E-state index in [9.17, 15) is 0 Å². The second kappa shape index (κ2) is 2.85. The van der Waals surface area contributed by atoms with Crippen LogP contribution in [0.5, 0.6) is 0 Å². The summed E-state index contributed by atoms with van der Waals surface area (Å²) in [6.07, 6.45) is 2.28. The van der Waals surface area contributed by atoms with Crippen molar-refractivity contribution in [3.8, 4) is 0 Å². The largest absolute Gasteiger partial charge is 0.347 e. The number of benzene rings is 1. The number of hydrogen-bond acceptors (Lipinski definition) is 1. The Bertz CT molecular complexity index is 482. The van der Waals surface area contributed by atoms with E-state index >= 15 is 0 Å². The Kier molecular flexibility index (Phi) is 1.64. The molecule has 2 heterocycles. The first kappa shape index (κ1) is 8.06. The van der Waals surface area contributed by atoms with Crippen LogP contribution < -0.4 is 5.32 Å². The van der Waals surface area contributed by atoms with Gasteiger partial charge in [-0.1, -0.05) is 12.1 Å². The lowest BCUT2D eigenvalue weighted by atomic mass is 10.0. The highest BCUT2D eigenvalue weighted by Gasteiger charge is 2.14. The number of aromatic nitrogens is 1. The number of nitrogens with one attached hydrogen (secondary N) is 1. The molecule has 0 unspecified atom stereocenters. The molecule has 1 N–H and O–H groups in total. The zero-order valence-corrected chi connectivity index (χ0v) is 8.38. The molecule has 0 saturated carbocycles. The average Bonchev–Trinajstić information content (AvgIpc) is 2.60. The Hall–Kier alpha value is -1.28. The zero-order chi connectivity index (χ0) is 9.54. The van der Waals surface area contributed by atoms with Gasteiger partial charge in [-0.25, -0.2) is 0 Å². The number of nitrogens with zero attached hydrogens (tertiary/aromatic N) is 1. The molecule has 0 radical (unpaired) electrons. The van der Waals surface area contributed by atoms with Gasteiger partial charge in [0.25, 0.3) is 0 Å². The van der Waals surface area contributed by atoms with E-state index in [1.807, 2.05) is 0 Å². The Labute approximate surface area is 83.5 Å². The van der Waals surface area contributed by atoms with Crippen LogP contribution in [0, 0.1) is 0 Å². The SMILES string of the molecule is CCn1cc2c3c(cccc31)CNC2. The van der Waals surface area contributed by atoms with Crippen LogP contribution >= 0.6 is 0 Å². The highest BCUT2D eigenvalue weighted by molar-refractivity contribution is 5.88. The fourth-order valence-electron chi connectivity index (χ4n) is 2.39. The zero-order valence-electron chi connectivity index (χ0n) is 8.38. The summed E-state index contributed by atoms with van der Waals surface area (Å²) in [6, 6.07) is 6.59. The molecule has 3 rings (SSSR count). The van der Waals surface area contributed by atoms with Gasteiger partial charge < -0.3 is 9.88 Å². The van der Waals surface area contributed by atoms with E-state index in [0.29, 0.717) is 0 Å². The van der Waals surface area contributed by atoms with E-state index in [0.717, 1.165) is 19.6 Å². The molecule has 1 aromatic carbocycles. The summed E-state index contributed by atoms with van der Waals surface area (Å²) in [7, 11) is 0. The molecule has 0 spiro atoms. The van der Waals surface area contributed by atoms with Crippen LogP contribution in [0.15, 0.2) is 24.4 Å². The molecule has 2 nitrogen and oxygen atoms in total. The van der Waals surface area contributed by atoms with Gasteiger partial charge in [0.1, 0.15) is 0 Å². The third-order valence-electron chi connectivity index (χ3n) is 3.04. The molecule has 1 aliphatic rings. The molecule has 2 heteroatoms. The van der Waals surface area contributed by atoms with Crippen LogP contribution in [0.25, 0.3) is 10.9 Å². The maximum atomic E-state index is 3.42. The fourth-order valence-corrected chi connectivity index (χ4v) is 2.39. The molecule has 1 aliphatic heterocycles. The Morgan fingerprint density at radius 2 is 2.14 bits per heavy atom. The predicted octanol–water partition coefficient (Wildman–Crippen LogP) is 2.26. The quantitative estimate of drug-likeness (QED) is 0.723. The monoisotopic (exact) mass is 186 g/mol. The molecule has 0 aliphatic carbocycles. The smallest absolute Gasteiger partial charge is 0.0486 e. The molecule has 0 bridgehead atoms. The van der Waals surface area contributed by atoms with E-state index in [2.05, 4.69) is 41.2 Å². The van der Waals surface area contributed by atoms with Crippen LogP contribution in [0.2, 0.25) is 0 Å². The minimum absolute atomic E-state index is 1.01. The second-order valence-electron chi connectivity index (χ2n) is 3.86. The average molecular weight is 186 g/mol. The van der Waals surface area contributed by atoms with Gasteiger partial charge in [0.05, 0.1) is 0 Å². The standard InChI is InChI=1S/C12H14N2/c1-2-14-8-10-7-13-6-9-4-3-5-11(14)12(9)10/h3-5,8,13H,2,6-7H2,1H3. The van der Waals surface area contributed by atoms with Crippen LogP contribution in [0.4, 0.5) is 0 Å². The minimum Gasteiger partial charge on any atom is -0.347 e. The molecule has 0 fully saturated rings. The van der Waals surface area contributed by atoms with Crippen molar-refractivity contribution in [2.45, 2.75) is 26.6 Å². The second-order valence-corrected chi connectivity index (χ2v) is 3.86. The van der Waals surface area contributed by atoms with Crippen molar-refractivity contribution in [1.29, 1.82) is 0 Å². The van der Waals surface area contributed by atoms with Gasteiger partial charge in [-0.2, -0.15) is 0 Å². The first-order valence-corrected chi connectivity index (χ1v) is 5.20. The third-order valence-corrected chi connectivity index (χ3v) is 3.04. The summed E-state index contributed by atoms with van der Waals surface area (Å²) >= 11 is 0. The molecule has 0 atom stereocenters. The Morgan fingerprint density at radius 3 is 3.00 bits per heavy atom. The Morgan fingerprint density at radius 1 is 1.29 bits per heavy atom. The number of aryl methyl sites for hydroxylation is 1. The van der Waals surface area contributed by atoms with Gasteiger partial charge in [-0.3, -0.25) is 0 Å². The van der Waals surface area contributed by atoms with Crippen molar-refractivity contribution in [3.05, 3.63) is 35.5 Å². The van der Waals surface area contributed by atoms with Crippen LogP contribution in [0.1, 0.15) is 18.1 Å². The lowest BCUT2D eigenvalue weighted by Crippen LogP contribution is -2.16. The molecule has 14 heavy (non-hydrogen) atoms. The summed E-state index contributed by atoms with van der Waals surface area (Å²) in [5, 5.41) is 4.90. The van der Waals surface area contributed by atoms with Gasteiger partial charge >= 0.3 is 0 Å². The van der Waals surface area contributed by atoms with E-state index in [4.69, 9.17) is 0 Å². The Balaban J connectivity index is 2.42. The third kappa shape index (κ3) is 0.946. The normalized spacial score (nSPS) is 14.9. The molecule has 0 amide bonds. The number of hydrogen-bond donors (Lipinski definition) is 1. The van der Waals surface area contributed by atoms with Crippen LogP contribution in [-0.2, 0) is 19.6 Å². The highest BCUT2D eigenvalue weighted by atomic mass is 15.0. The van der Waals surface area contributed by atoms with E-state index < -0.39 is 0 Å². The first-order chi connectivity index (χ1) is 6.90. The lowest BCUT2D eigenvalue weighted by Gasteiger charge is -2.13. The molecule has 2 aromatic rings. The van der Waals surface area contributed by atoms with Crippen molar-refractivity contribution >= 4 is 10.9 Å². The van der Waals surface area contributed by atoms with Crippen molar-refractivity contribution in [3.63, 3.8) is 0 Å². The molecule has 0 saturated heterocycles. The predicted molar refractivity (Wildman–Crippen MR) is 58.2 cm³/mol. The molecular formula is C12H14N2. The molecule has 1 aromatic heterocycles. The van der Waals surface area contributed by atoms with E-state index in [-0.39, 0.29) is 0 Å². The van der Waals surface area contributed by atoms with Crippen molar-refractivity contribution in [2.24, 2.45) is 0 Å².